The van der Waals surface area contributed by atoms with E-state index in [2.05, 4.69) is 4.98 Å². The number of nitrogens with one attached hydrogen (secondary N) is 1. The number of H-pyrrole nitrogens is 1. The van der Waals surface area contributed by atoms with Crippen molar-refractivity contribution in [1.82, 2.24) is 14.8 Å². The molecule has 2 heterocycles. The first-order valence-electron chi connectivity index (χ1n) is 10.0. The van der Waals surface area contributed by atoms with Crippen LogP contribution in [0.3, 0.4) is 0 Å². The molecule has 1 N–H and O–H groups in total. The zero-order chi connectivity index (χ0) is 21.3. The maximum Gasteiger partial charge on any atom is 0.255 e. The highest BCUT2D eigenvalue weighted by Crippen LogP contribution is 2.24. The Morgan fingerprint density at radius 3 is 2.60 bits per heavy atom. The maximum absolute atomic E-state index is 13.7. The summed E-state index contributed by atoms with van der Waals surface area (Å²) in [5.41, 5.74) is 3.00. The van der Waals surface area contributed by atoms with Crippen molar-refractivity contribution < 1.29 is 14.0 Å². The number of benzene rings is 2. The SMILES string of the molecule is Cc1[nH]c2ccc(F)cc2c1CC(=O)N1CCCN(C(=O)c2ccccc2Cl)CC1. The number of carbonyl (C=O) groups excluding carboxylic acids is 2. The highest BCUT2D eigenvalue weighted by atomic mass is 35.5. The molecule has 0 saturated carbocycles. The van der Waals surface area contributed by atoms with Gasteiger partial charge in [0.1, 0.15) is 5.82 Å². The molecular formula is C23H23ClFN3O2. The predicted octanol–water partition coefficient (Wildman–Crippen LogP) is 4.19. The molecule has 1 aliphatic rings. The average molecular weight is 428 g/mol. The standard InChI is InChI=1S/C23H23ClFN3O2/c1-15-18(19-13-16(25)7-8-21(19)26-15)14-22(29)27-9-4-10-28(12-11-27)23(30)17-5-2-3-6-20(17)24/h2-3,5-8,13,26H,4,9-12,14H2,1H3. The number of fused-ring (bicyclic) bond motifs is 1. The lowest BCUT2D eigenvalue weighted by Gasteiger charge is -2.22. The van der Waals surface area contributed by atoms with Crippen molar-refractivity contribution in [3.05, 3.63) is 70.1 Å². The van der Waals surface area contributed by atoms with Crippen LogP contribution in [-0.4, -0.2) is 52.8 Å². The number of hydrogen-bond acceptors (Lipinski definition) is 2. The van der Waals surface area contributed by atoms with E-state index in [4.69, 9.17) is 11.6 Å². The van der Waals surface area contributed by atoms with E-state index >= 15 is 0 Å². The number of carbonyl (C=O) groups is 2. The first kappa shape index (κ1) is 20.4. The monoisotopic (exact) mass is 427 g/mol. The van der Waals surface area contributed by atoms with Crippen LogP contribution in [-0.2, 0) is 11.2 Å². The normalized spacial score (nSPS) is 14.8. The number of nitrogens with zero attached hydrogens (tertiary/aromatic N) is 2. The van der Waals surface area contributed by atoms with E-state index in [0.717, 1.165) is 22.2 Å². The summed E-state index contributed by atoms with van der Waals surface area (Å²) in [6.45, 7) is 3.97. The number of halogens is 2. The molecule has 0 spiro atoms. The fourth-order valence-corrected chi connectivity index (χ4v) is 4.24. The molecule has 156 valence electrons. The smallest absolute Gasteiger partial charge is 0.255 e. The summed E-state index contributed by atoms with van der Waals surface area (Å²) >= 11 is 6.17. The van der Waals surface area contributed by atoms with Gasteiger partial charge in [0.25, 0.3) is 5.91 Å². The van der Waals surface area contributed by atoms with Crippen LogP contribution in [0.4, 0.5) is 4.39 Å². The van der Waals surface area contributed by atoms with Gasteiger partial charge >= 0.3 is 0 Å². The highest BCUT2D eigenvalue weighted by Gasteiger charge is 2.25. The first-order chi connectivity index (χ1) is 14.4. The predicted molar refractivity (Wildman–Crippen MR) is 115 cm³/mol. The van der Waals surface area contributed by atoms with Crippen molar-refractivity contribution in [3.63, 3.8) is 0 Å². The van der Waals surface area contributed by atoms with E-state index in [1.165, 1.54) is 12.1 Å². The second-order valence-corrected chi connectivity index (χ2v) is 8.01. The Hall–Kier alpha value is -2.86. The van der Waals surface area contributed by atoms with Crippen molar-refractivity contribution in [1.29, 1.82) is 0 Å². The Labute approximate surface area is 179 Å². The van der Waals surface area contributed by atoms with Gasteiger partial charge in [-0.1, -0.05) is 23.7 Å². The van der Waals surface area contributed by atoms with Gasteiger partial charge in [-0.05, 0) is 49.2 Å². The third-order valence-electron chi connectivity index (χ3n) is 5.65. The second-order valence-electron chi connectivity index (χ2n) is 7.60. The van der Waals surface area contributed by atoms with E-state index in [1.807, 2.05) is 6.92 Å². The van der Waals surface area contributed by atoms with Gasteiger partial charge in [0.2, 0.25) is 5.91 Å². The molecule has 0 unspecified atom stereocenters. The van der Waals surface area contributed by atoms with Gasteiger partial charge in [-0.2, -0.15) is 0 Å². The van der Waals surface area contributed by atoms with Gasteiger partial charge in [-0.15, -0.1) is 0 Å². The lowest BCUT2D eigenvalue weighted by atomic mass is 10.1. The molecule has 0 bridgehead atoms. The molecular weight excluding hydrogens is 405 g/mol. The summed E-state index contributed by atoms with van der Waals surface area (Å²) in [4.78, 5) is 32.6. The van der Waals surface area contributed by atoms with Crippen molar-refractivity contribution in [2.45, 2.75) is 19.8 Å². The fraction of sp³-hybridized carbons (Fsp3) is 0.304. The van der Waals surface area contributed by atoms with Gasteiger partial charge in [-0.25, -0.2) is 4.39 Å². The van der Waals surface area contributed by atoms with E-state index < -0.39 is 0 Å². The molecule has 1 aromatic heterocycles. The van der Waals surface area contributed by atoms with Gasteiger partial charge < -0.3 is 14.8 Å². The minimum atomic E-state index is -0.321. The molecule has 7 heteroatoms. The second kappa shape index (κ2) is 8.48. The Kier molecular flexibility index (Phi) is 5.77. The Balaban J connectivity index is 1.46. The van der Waals surface area contributed by atoms with Crippen molar-refractivity contribution >= 4 is 34.3 Å². The third-order valence-corrected chi connectivity index (χ3v) is 5.98. The van der Waals surface area contributed by atoms with E-state index in [-0.39, 0.29) is 24.1 Å². The van der Waals surface area contributed by atoms with Gasteiger partial charge in [0.05, 0.1) is 17.0 Å². The summed E-state index contributed by atoms with van der Waals surface area (Å²) in [6, 6.07) is 11.6. The lowest BCUT2D eigenvalue weighted by Crippen LogP contribution is -2.38. The number of aromatic amines is 1. The van der Waals surface area contributed by atoms with Crippen LogP contribution in [0.25, 0.3) is 10.9 Å². The summed E-state index contributed by atoms with van der Waals surface area (Å²) in [5.74, 6) is -0.452. The fourth-order valence-electron chi connectivity index (χ4n) is 4.02. The van der Waals surface area contributed by atoms with Crippen LogP contribution in [0, 0.1) is 12.7 Å². The van der Waals surface area contributed by atoms with E-state index in [1.54, 1.807) is 40.1 Å². The number of hydrogen-bond donors (Lipinski definition) is 1. The molecule has 2 aromatic carbocycles. The molecule has 0 aliphatic carbocycles. The number of rotatable bonds is 3. The zero-order valence-electron chi connectivity index (χ0n) is 16.8. The third kappa shape index (κ3) is 4.05. The Morgan fingerprint density at radius 1 is 1.07 bits per heavy atom. The first-order valence-corrected chi connectivity index (χ1v) is 10.4. The molecule has 0 atom stereocenters. The molecule has 2 amide bonds. The topological polar surface area (TPSA) is 56.4 Å². The average Bonchev–Trinajstić information content (AvgIpc) is 2.90. The van der Waals surface area contributed by atoms with Crippen LogP contribution in [0.15, 0.2) is 42.5 Å². The van der Waals surface area contributed by atoms with Gasteiger partial charge in [-0.3, -0.25) is 9.59 Å². The minimum absolute atomic E-state index is 0.0182. The van der Waals surface area contributed by atoms with Crippen LogP contribution in [0.2, 0.25) is 5.02 Å². The summed E-state index contributed by atoms with van der Waals surface area (Å²) in [7, 11) is 0. The molecule has 1 aliphatic heterocycles. The van der Waals surface area contributed by atoms with Gasteiger partial charge in [0, 0.05) is 42.8 Å². The molecule has 3 aromatic rings. The van der Waals surface area contributed by atoms with Crippen molar-refractivity contribution in [2.75, 3.05) is 26.2 Å². The highest BCUT2D eigenvalue weighted by molar-refractivity contribution is 6.33. The zero-order valence-corrected chi connectivity index (χ0v) is 17.5. The van der Waals surface area contributed by atoms with Crippen LogP contribution in [0.5, 0.6) is 0 Å². The number of aromatic nitrogens is 1. The van der Waals surface area contributed by atoms with Crippen LogP contribution < -0.4 is 0 Å². The van der Waals surface area contributed by atoms with Gasteiger partial charge in [0.15, 0.2) is 0 Å². The minimum Gasteiger partial charge on any atom is -0.358 e. The summed E-state index contributed by atoms with van der Waals surface area (Å²) in [6.07, 6.45) is 0.900. The summed E-state index contributed by atoms with van der Waals surface area (Å²) < 4.78 is 13.7. The molecule has 1 fully saturated rings. The molecule has 5 nitrogen and oxygen atoms in total. The largest absolute Gasteiger partial charge is 0.358 e. The Morgan fingerprint density at radius 2 is 1.80 bits per heavy atom. The molecule has 30 heavy (non-hydrogen) atoms. The lowest BCUT2D eigenvalue weighted by molar-refractivity contribution is -0.130. The van der Waals surface area contributed by atoms with E-state index in [0.29, 0.717) is 43.2 Å². The van der Waals surface area contributed by atoms with Crippen molar-refractivity contribution in [3.8, 4) is 0 Å². The number of amides is 2. The maximum atomic E-state index is 13.7. The van der Waals surface area contributed by atoms with Crippen LogP contribution >= 0.6 is 11.6 Å². The molecule has 4 rings (SSSR count). The van der Waals surface area contributed by atoms with Crippen molar-refractivity contribution in [2.24, 2.45) is 0 Å². The summed E-state index contributed by atoms with van der Waals surface area (Å²) in [5, 5.41) is 1.17. The van der Waals surface area contributed by atoms with E-state index in [9.17, 15) is 14.0 Å². The molecule has 1 saturated heterocycles. The quantitative estimate of drug-likeness (QED) is 0.681. The van der Waals surface area contributed by atoms with Crippen LogP contribution in [0.1, 0.15) is 28.0 Å². The number of aryl methyl sites for hydroxylation is 1. The Bertz CT molecular complexity index is 1110. The molecule has 0 radical (unpaired) electrons.